The minimum Gasteiger partial charge on any atom is -0.348 e. The maximum Gasteiger partial charge on any atom is 0.163 e. The Balaban J connectivity index is 1.60. The number of nitrogens with zero attached hydrogens (tertiary/aromatic N) is 3. The summed E-state index contributed by atoms with van der Waals surface area (Å²) >= 11 is 0. The molecule has 0 spiro atoms. The van der Waals surface area contributed by atoms with Gasteiger partial charge < -0.3 is 14.8 Å². The van der Waals surface area contributed by atoms with Crippen LogP contribution in [-0.4, -0.2) is 39.8 Å². The van der Waals surface area contributed by atoms with Gasteiger partial charge in [0.15, 0.2) is 11.4 Å². The second-order valence-electron chi connectivity index (χ2n) is 6.01. The predicted octanol–water partition coefficient (Wildman–Crippen LogP) is 1.52. The first-order valence-electron chi connectivity index (χ1n) is 7.25. The Hall–Kier alpha value is -1.50. The van der Waals surface area contributed by atoms with Gasteiger partial charge in [0.1, 0.15) is 0 Å². The minimum atomic E-state index is -0.459. The van der Waals surface area contributed by atoms with Crippen molar-refractivity contribution >= 4 is 11.0 Å². The third kappa shape index (κ3) is 3.07. The number of pyridine rings is 1. The number of fused-ring (bicyclic) bond motifs is 1. The molecule has 0 aliphatic carbocycles. The summed E-state index contributed by atoms with van der Waals surface area (Å²) in [6, 6.07) is 2.15. The van der Waals surface area contributed by atoms with E-state index < -0.39 is 5.79 Å². The maximum absolute atomic E-state index is 5.77. The van der Waals surface area contributed by atoms with E-state index in [4.69, 9.17) is 9.47 Å². The van der Waals surface area contributed by atoms with Crippen LogP contribution in [0.25, 0.3) is 11.0 Å². The molecule has 1 saturated heterocycles. The van der Waals surface area contributed by atoms with Gasteiger partial charge in [-0.1, -0.05) is 0 Å². The molecule has 3 heterocycles. The zero-order chi connectivity index (χ0) is 15.0. The lowest BCUT2D eigenvalue weighted by Crippen LogP contribution is -2.30. The van der Waals surface area contributed by atoms with Crippen LogP contribution in [0.3, 0.4) is 0 Å². The number of nitrogens with one attached hydrogen (secondary N) is 1. The molecular weight excluding hydrogens is 268 g/mol. The number of hydrogen-bond acceptors (Lipinski definition) is 5. The molecule has 2 aromatic rings. The van der Waals surface area contributed by atoms with Crippen LogP contribution in [0, 0.1) is 6.92 Å². The quantitative estimate of drug-likeness (QED) is 0.925. The van der Waals surface area contributed by atoms with Crippen LogP contribution >= 0.6 is 0 Å². The molecule has 0 saturated carbocycles. The zero-order valence-electron chi connectivity index (χ0n) is 13.0. The van der Waals surface area contributed by atoms with Crippen LogP contribution in [0.15, 0.2) is 12.3 Å². The maximum atomic E-state index is 5.77. The average Bonchev–Trinajstić information content (AvgIpc) is 2.90. The molecule has 6 nitrogen and oxygen atoms in total. The van der Waals surface area contributed by atoms with Crippen molar-refractivity contribution in [3.05, 3.63) is 23.5 Å². The highest BCUT2D eigenvalue weighted by molar-refractivity contribution is 5.78. The zero-order valence-corrected chi connectivity index (χ0v) is 13.0. The van der Waals surface area contributed by atoms with Crippen LogP contribution in [0.2, 0.25) is 0 Å². The molecule has 21 heavy (non-hydrogen) atoms. The number of rotatable bonds is 4. The SMILES string of the molecule is Cc1nn(C)c2ncc(CNCC3COC(C)(C)O3)cc12. The summed E-state index contributed by atoms with van der Waals surface area (Å²) in [4.78, 5) is 4.48. The van der Waals surface area contributed by atoms with Gasteiger partial charge in [-0.05, 0) is 32.4 Å². The molecular formula is C15H22N4O2. The van der Waals surface area contributed by atoms with Crippen LogP contribution in [0.5, 0.6) is 0 Å². The molecule has 1 unspecified atom stereocenters. The van der Waals surface area contributed by atoms with Crippen molar-refractivity contribution in [3.8, 4) is 0 Å². The summed E-state index contributed by atoms with van der Waals surface area (Å²) in [7, 11) is 1.92. The van der Waals surface area contributed by atoms with E-state index in [1.807, 2.05) is 38.7 Å². The Morgan fingerprint density at radius 1 is 1.48 bits per heavy atom. The summed E-state index contributed by atoms with van der Waals surface area (Å²) in [6.07, 6.45) is 2.00. The largest absolute Gasteiger partial charge is 0.348 e. The van der Waals surface area contributed by atoms with Crippen molar-refractivity contribution < 1.29 is 9.47 Å². The fourth-order valence-electron chi connectivity index (χ4n) is 2.69. The summed E-state index contributed by atoms with van der Waals surface area (Å²) in [5, 5.41) is 8.90. The fourth-order valence-corrected chi connectivity index (χ4v) is 2.69. The van der Waals surface area contributed by atoms with E-state index in [1.54, 1.807) is 0 Å². The van der Waals surface area contributed by atoms with E-state index in [2.05, 4.69) is 21.5 Å². The smallest absolute Gasteiger partial charge is 0.163 e. The van der Waals surface area contributed by atoms with E-state index in [0.29, 0.717) is 6.61 Å². The summed E-state index contributed by atoms with van der Waals surface area (Å²) in [6.45, 7) is 8.06. The summed E-state index contributed by atoms with van der Waals surface area (Å²) < 4.78 is 13.1. The van der Waals surface area contributed by atoms with Crippen molar-refractivity contribution in [1.29, 1.82) is 0 Å². The van der Waals surface area contributed by atoms with Crippen molar-refractivity contribution in [2.45, 2.75) is 39.2 Å². The van der Waals surface area contributed by atoms with Gasteiger partial charge in [-0.15, -0.1) is 0 Å². The van der Waals surface area contributed by atoms with Gasteiger partial charge in [0.2, 0.25) is 0 Å². The lowest BCUT2D eigenvalue weighted by Gasteiger charge is -2.17. The molecule has 0 amide bonds. The molecule has 114 valence electrons. The van der Waals surface area contributed by atoms with Gasteiger partial charge in [0, 0.05) is 31.7 Å². The Morgan fingerprint density at radius 2 is 2.29 bits per heavy atom. The predicted molar refractivity (Wildman–Crippen MR) is 79.9 cm³/mol. The first-order chi connectivity index (χ1) is 9.94. The van der Waals surface area contributed by atoms with Crippen LogP contribution in [0.1, 0.15) is 25.1 Å². The topological polar surface area (TPSA) is 61.2 Å². The minimum absolute atomic E-state index is 0.108. The van der Waals surface area contributed by atoms with E-state index in [1.165, 1.54) is 0 Å². The highest BCUT2D eigenvalue weighted by atomic mass is 16.7. The van der Waals surface area contributed by atoms with Crippen molar-refractivity contribution in [2.24, 2.45) is 7.05 Å². The van der Waals surface area contributed by atoms with Crippen molar-refractivity contribution in [3.63, 3.8) is 0 Å². The van der Waals surface area contributed by atoms with E-state index in [0.717, 1.165) is 35.4 Å². The van der Waals surface area contributed by atoms with Crippen LogP contribution in [-0.2, 0) is 23.1 Å². The molecule has 6 heteroatoms. The number of hydrogen-bond donors (Lipinski definition) is 1. The van der Waals surface area contributed by atoms with Gasteiger partial charge in [0.05, 0.1) is 18.4 Å². The molecule has 0 aromatic carbocycles. The number of ether oxygens (including phenoxy) is 2. The Morgan fingerprint density at radius 3 is 3.00 bits per heavy atom. The molecule has 2 aromatic heterocycles. The van der Waals surface area contributed by atoms with E-state index in [9.17, 15) is 0 Å². The average molecular weight is 290 g/mol. The van der Waals surface area contributed by atoms with Crippen LogP contribution in [0.4, 0.5) is 0 Å². The molecule has 1 aliphatic heterocycles. The number of aromatic nitrogens is 3. The molecule has 0 bridgehead atoms. The van der Waals surface area contributed by atoms with E-state index >= 15 is 0 Å². The van der Waals surface area contributed by atoms with Gasteiger partial charge in [-0.2, -0.15) is 5.10 Å². The Kier molecular flexibility index (Phi) is 3.69. The first kappa shape index (κ1) is 14.4. The summed E-state index contributed by atoms with van der Waals surface area (Å²) in [5.41, 5.74) is 3.08. The lowest BCUT2D eigenvalue weighted by atomic mass is 10.2. The van der Waals surface area contributed by atoms with Crippen molar-refractivity contribution in [1.82, 2.24) is 20.1 Å². The highest BCUT2D eigenvalue weighted by Gasteiger charge is 2.32. The van der Waals surface area contributed by atoms with Crippen LogP contribution < -0.4 is 5.32 Å². The monoisotopic (exact) mass is 290 g/mol. The van der Waals surface area contributed by atoms with Gasteiger partial charge in [-0.25, -0.2) is 4.98 Å². The third-order valence-corrected chi connectivity index (χ3v) is 3.69. The molecule has 1 atom stereocenters. The van der Waals surface area contributed by atoms with E-state index in [-0.39, 0.29) is 6.10 Å². The third-order valence-electron chi connectivity index (χ3n) is 3.69. The molecule has 0 radical (unpaired) electrons. The van der Waals surface area contributed by atoms with Crippen molar-refractivity contribution in [2.75, 3.05) is 13.2 Å². The second kappa shape index (κ2) is 5.36. The van der Waals surface area contributed by atoms with Gasteiger partial charge in [0.25, 0.3) is 0 Å². The summed E-state index contributed by atoms with van der Waals surface area (Å²) in [5.74, 6) is -0.459. The van der Waals surface area contributed by atoms with Gasteiger partial charge in [-0.3, -0.25) is 4.68 Å². The first-order valence-corrected chi connectivity index (χ1v) is 7.25. The molecule has 1 N–H and O–H groups in total. The normalized spacial score (nSPS) is 21.2. The fraction of sp³-hybridized carbons (Fsp3) is 0.600. The highest BCUT2D eigenvalue weighted by Crippen LogP contribution is 2.22. The van der Waals surface area contributed by atoms with Gasteiger partial charge >= 0.3 is 0 Å². The second-order valence-corrected chi connectivity index (χ2v) is 6.01. The number of aryl methyl sites for hydroxylation is 2. The molecule has 1 aliphatic rings. The Labute approximate surface area is 124 Å². The lowest BCUT2D eigenvalue weighted by molar-refractivity contribution is -0.137. The molecule has 1 fully saturated rings. The molecule has 3 rings (SSSR count). The standard InChI is InChI=1S/C15H22N4O2/c1-10-13-5-11(7-17-14(13)19(4)18-10)6-16-8-12-9-20-15(2,3)21-12/h5,7,12,16H,6,8-9H2,1-4H3. The Bertz CT molecular complexity index is 650.